The number of quaternary nitrogens is 1. The van der Waals surface area contributed by atoms with Gasteiger partial charge in [-0.3, -0.25) is 4.79 Å². The van der Waals surface area contributed by atoms with Crippen LogP contribution in [-0.2, 0) is 11.3 Å². The molecule has 1 atom stereocenters. The van der Waals surface area contributed by atoms with Crippen LogP contribution in [0.2, 0.25) is 0 Å². The zero-order chi connectivity index (χ0) is 19.3. The number of nitrogens with one attached hydrogen (secondary N) is 2. The van der Waals surface area contributed by atoms with E-state index in [1.165, 1.54) is 0 Å². The summed E-state index contributed by atoms with van der Waals surface area (Å²) in [6, 6.07) is 8.84. The number of ether oxygens (including phenoxy) is 2. The highest BCUT2D eigenvalue weighted by atomic mass is 16.7. The van der Waals surface area contributed by atoms with Crippen molar-refractivity contribution in [3.05, 3.63) is 42.5 Å². The molecule has 0 saturated carbocycles. The highest BCUT2D eigenvalue weighted by Gasteiger charge is 2.20. The minimum absolute atomic E-state index is 0.104. The lowest BCUT2D eigenvalue weighted by Crippen LogP contribution is -3.11. The first kappa shape index (κ1) is 18.1. The lowest BCUT2D eigenvalue weighted by atomic mass is 10.2. The van der Waals surface area contributed by atoms with Crippen molar-refractivity contribution >= 4 is 11.6 Å². The number of nitrogens with zero attached hydrogens (tertiary/aromatic N) is 2. The number of aromatic nitrogens is 2. The summed E-state index contributed by atoms with van der Waals surface area (Å²) >= 11 is 0. The molecule has 9 nitrogen and oxygen atoms in total. The number of fused-ring (bicyclic) bond motifs is 1. The summed E-state index contributed by atoms with van der Waals surface area (Å²) in [5.74, 6) is 2.53. The van der Waals surface area contributed by atoms with Crippen molar-refractivity contribution in [1.82, 2.24) is 10.2 Å². The molecule has 28 heavy (non-hydrogen) atoms. The third-order valence-corrected chi connectivity index (χ3v) is 4.27. The van der Waals surface area contributed by atoms with Gasteiger partial charge in [0.2, 0.25) is 6.79 Å². The second kappa shape index (κ2) is 8.13. The molecule has 0 fully saturated rings. The van der Waals surface area contributed by atoms with Gasteiger partial charge in [-0.15, -0.1) is 10.2 Å². The van der Waals surface area contributed by atoms with Crippen molar-refractivity contribution in [2.24, 2.45) is 0 Å². The van der Waals surface area contributed by atoms with Crippen LogP contribution >= 0.6 is 0 Å². The van der Waals surface area contributed by atoms with Crippen LogP contribution in [0.5, 0.6) is 11.5 Å². The van der Waals surface area contributed by atoms with E-state index >= 15 is 0 Å². The maximum absolute atomic E-state index is 12.5. The van der Waals surface area contributed by atoms with Crippen LogP contribution in [0.1, 0.15) is 19.2 Å². The smallest absolute Gasteiger partial charge is 0.283 e. The molecule has 0 bridgehead atoms. The van der Waals surface area contributed by atoms with E-state index in [2.05, 4.69) is 22.4 Å². The minimum atomic E-state index is -0.104. The third-order valence-electron chi connectivity index (χ3n) is 4.27. The Morgan fingerprint density at radius 1 is 1.21 bits per heavy atom. The number of hydrogen-bond acceptors (Lipinski definition) is 7. The Labute approximate surface area is 161 Å². The van der Waals surface area contributed by atoms with Gasteiger partial charge in [0.1, 0.15) is 0 Å². The highest BCUT2D eigenvalue weighted by Crippen LogP contribution is 2.34. The van der Waals surface area contributed by atoms with Crippen molar-refractivity contribution in [1.29, 1.82) is 0 Å². The molecule has 3 aromatic rings. The lowest BCUT2D eigenvalue weighted by Gasteiger charge is -2.16. The molecular formula is C19H21N4O5+. The van der Waals surface area contributed by atoms with Gasteiger partial charge in [0.05, 0.1) is 12.8 Å². The van der Waals surface area contributed by atoms with Crippen LogP contribution < -0.4 is 19.7 Å². The molecule has 1 aromatic carbocycles. The largest absolute Gasteiger partial charge is 0.459 e. The predicted molar refractivity (Wildman–Crippen MR) is 97.9 cm³/mol. The van der Waals surface area contributed by atoms with E-state index in [1.807, 2.05) is 0 Å². The van der Waals surface area contributed by atoms with E-state index in [9.17, 15) is 4.79 Å². The Morgan fingerprint density at radius 2 is 2.11 bits per heavy atom. The van der Waals surface area contributed by atoms with Gasteiger partial charge < -0.3 is 28.5 Å². The SMILES string of the molecule is CCC[NH+](CC(=O)Nc1ccc2c(c1)OCO2)Cc1nnc(-c2ccco2)o1. The van der Waals surface area contributed by atoms with E-state index in [0.717, 1.165) is 17.9 Å². The molecule has 2 N–H and O–H groups in total. The predicted octanol–water partition coefficient (Wildman–Crippen LogP) is 1.49. The average Bonchev–Trinajstić information content (AvgIpc) is 3.42. The first-order chi connectivity index (χ1) is 13.7. The quantitative estimate of drug-likeness (QED) is 0.605. The van der Waals surface area contributed by atoms with Gasteiger partial charge >= 0.3 is 0 Å². The second-order valence-corrected chi connectivity index (χ2v) is 6.45. The summed E-state index contributed by atoms with van der Waals surface area (Å²) < 4.78 is 21.5. The van der Waals surface area contributed by atoms with E-state index in [-0.39, 0.29) is 19.2 Å². The number of hydrogen-bond donors (Lipinski definition) is 2. The second-order valence-electron chi connectivity index (χ2n) is 6.45. The van der Waals surface area contributed by atoms with Gasteiger partial charge in [-0.2, -0.15) is 0 Å². The van der Waals surface area contributed by atoms with Gasteiger partial charge in [-0.25, -0.2) is 0 Å². The van der Waals surface area contributed by atoms with Crippen molar-refractivity contribution < 1.29 is 28.0 Å². The molecule has 3 heterocycles. The number of furan rings is 1. The summed E-state index contributed by atoms with van der Waals surface area (Å²) in [6.07, 6.45) is 2.47. The molecule has 2 aromatic heterocycles. The summed E-state index contributed by atoms with van der Waals surface area (Å²) in [5, 5.41) is 11.0. The first-order valence-electron chi connectivity index (χ1n) is 9.10. The van der Waals surface area contributed by atoms with Gasteiger partial charge in [-0.05, 0) is 30.7 Å². The van der Waals surface area contributed by atoms with Crippen molar-refractivity contribution in [3.63, 3.8) is 0 Å². The van der Waals surface area contributed by atoms with E-state index in [1.54, 1.807) is 36.6 Å². The Hall–Kier alpha value is -3.33. The average molecular weight is 385 g/mol. The van der Waals surface area contributed by atoms with Crippen LogP contribution in [0.3, 0.4) is 0 Å². The number of anilines is 1. The van der Waals surface area contributed by atoms with Crippen LogP contribution in [0.25, 0.3) is 11.7 Å². The maximum atomic E-state index is 12.5. The fourth-order valence-corrected chi connectivity index (χ4v) is 3.04. The summed E-state index contributed by atoms with van der Waals surface area (Å²) in [4.78, 5) is 13.5. The highest BCUT2D eigenvalue weighted by molar-refractivity contribution is 5.91. The Balaban J connectivity index is 1.37. The van der Waals surface area contributed by atoms with Crippen LogP contribution in [0.15, 0.2) is 45.4 Å². The molecule has 4 rings (SSSR count). The molecule has 0 spiro atoms. The number of rotatable bonds is 8. The van der Waals surface area contributed by atoms with Crippen molar-refractivity contribution in [2.75, 3.05) is 25.2 Å². The lowest BCUT2D eigenvalue weighted by molar-refractivity contribution is -0.907. The fourth-order valence-electron chi connectivity index (χ4n) is 3.04. The molecule has 0 saturated heterocycles. The molecule has 1 aliphatic heterocycles. The first-order valence-corrected chi connectivity index (χ1v) is 9.10. The molecule has 1 amide bonds. The summed E-state index contributed by atoms with van der Waals surface area (Å²) in [5.41, 5.74) is 0.669. The number of carbonyl (C=O) groups excluding carboxylic acids is 1. The normalized spacial score (nSPS) is 13.5. The Bertz CT molecular complexity index is 938. The molecule has 9 heteroatoms. The van der Waals surface area contributed by atoms with Crippen molar-refractivity contribution in [2.45, 2.75) is 19.9 Å². The third kappa shape index (κ3) is 4.15. The molecule has 1 aliphatic rings. The number of amides is 1. The number of benzene rings is 1. The zero-order valence-corrected chi connectivity index (χ0v) is 15.4. The van der Waals surface area contributed by atoms with E-state index in [0.29, 0.717) is 41.3 Å². The standard InChI is InChI=1S/C19H20N4O5/c1-2-7-23(11-18-21-22-19(28-18)15-4-3-8-25-15)10-17(24)20-13-5-6-14-16(9-13)27-12-26-14/h3-6,8-9H,2,7,10-12H2,1H3,(H,20,24)/p+1. The molecule has 0 radical (unpaired) electrons. The topological polar surface area (TPSA) is 104 Å². The monoisotopic (exact) mass is 385 g/mol. The minimum Gasteiger partial charge on any atom is -0.459 e. The molecule has 146 valence electrons. The molecular weight excluding hydrogens is 364 g/mol. The Kier molecular flexibility index (Phi) is 5.24. The van der Waals surface area contributed by atoms with Gasteiger partial charge in [0.15, 0.2) is 30.3 Å². The van der Waals surface area contributed by atoms with Crippen LogP contribution in [0.4, 0.5) is 5.69 Å². The van der Waals surface area contributed by atoms with E-state index in [4.69, 9.17) is 18.3 Å². The van der Waals surface area contributed by atoms with Crippen LogP contribution in [0, 0.1) is 0 Å². The van der Waals surface area contributed by atoms with Gasteiger partial charge in [0, 0.05) is 11.8 Å². The van der Waals surface area contributed by atoms with E-state index < -0.39 is 0 Å². The summed E-state index contributed by atoms with van der Waals surface area (Å²) in [6.45, 7) is 3.80. The fraction of sp³-hybridized carbons (Fsp3) is 0.316. The number of carbonyl (C=O) groups is 1. The molecule has 1 unspecified atom stereocenters. The van der Waals surface area contributed by atoms with Gasteiger partial charge in [-0.1, -0.05) is 6.92 Å². The van der Waals surface area contributed by atoms with Gasteiger partial charge in [0.25, 0.3) is 17.7 Å². The maximum Gasteiger partial charge on any atom is 0.283 e. The zero-order valence-electron chi connectivity index (χ0n) is 15.4. The summed E-state index contributed by atoms with van der Waals surface area (Å²) in [7, 11) is 0. The molecule has 0 aliphatic carbocycles. The van der Waals surface area contributed by atoms with Crippen molar-refractivity contribution in [3.8, 4) is 23.1 Å². The van der Waals surface area contributed by atoms with Crippen LogP contribution in [-0.4, -0.2) is 36.0 Å². The Morgan fingerprint density at radius 3 is 2.93 bits per heavy atom.